The molecule has 0 spiro atoms. The molecule has 1 nitrogen and oxygen atoms in total. The van der Waals surface area contributed by atoms with Gasteiger partial charge in [0.1, 0.15) is 0 Å². The molecule has 0 radical (unpaired) electrons. The molecule has 0 aliphatic rings. The molecule has 1 rings (SSSR count). The maximum atomic E-state index is 5.62. The minimum absolute atomic E-state index is 0.556. The van der Waals surface area contributed by atoms with Crippen LogP contribution >= 0.6 is 27.3 Å². The molecule has 12 heavy (non-hydrogen) atoms. The molecule has 0 fully saturated rings. The van der Waals surface area contributed by atoms with Crippen LogP contribution < -0.4 is 5.73 Å². The molecular formula is C9H14BrNS. The number of halogens is 1. The van der Waals surface area contributed by atoms with Crippen LogP contribution in [-0.4, -0.2) is 6.54 Å². The van der Waals surface area contributed by atoms with E-state index in [0.717, 1.165) is 6.54 Å². The molecule has 2 atom stereocenters. The fourth-order valence-corrected chi connectivity index (χ4v) is 3.02. The van der Waals surface area contributed by atoms with E-state index in [2.05, 4.69) is 41.2 Å². The van der Waals surface area contributed by atoms with Crippen molar-refractivity contribution in [3.05, 3.63) is 20.8 Å². The first-order valence-electron chi connectivity index (χ1n) is 4.09. The van der Waals surface area contributed by atoms with E-state index in [1.165, 1.54) is 9.35 Å². The average molecular weight is 248 g/mol. The predicted octanol–water partition coefficient (Wildman–Crippen LogP) is 3.21. The highest BCUT2D eigenvalue weighted by atomic mass is 79.9. The summed E-state index contributed by atoms with van der Waals surface area (Å²) >= 11 is 5.33. The van der Waals surface area contributed by atoms with Gasteiger partial charge in [-0.1, -0.05) is 13.8 Å². The molecule has 2 unspecified atom stereocenters. The summed E-state index contributed by atoms with van der Waals surface area (Å²) < 4.78 is 1.22. The SMILES string of the molecule is CC(CN)C(C)c1sccc1Br. The van der Waals surface area contributed by atoms with E-state index in [9.17, 15) is 0 Å². The van der Waals surface area contributed by atoms with Crippen molar-refractivity contribution in [1.29, 1.82) is 0 Å². The van der Waals surface area contributed by atoms with Gasteiger partial charge in [0.2, 0.25) is 0 Å². The summed E-state index contributed by atoms with van der Waals surface area (Å²) in [5.74, 6) is 1.12. The molecule has 0 saturated heterocycles. The largest absolute Gasteiger partial charge is 0.330 e. The van der Waals surface area contributed by atoms with Crippen molar-refractivity contribution in [2.45, 2.75) is 19.8 Å². The highest BCUT2D eigenvalue weighted by Crippen LogP contribution is 2.33. The summed E-state index contributed by atoms with van der Waals surface area (Å²) in [5, 5.41) is 2.11. The van der Waals surface area contributed by atoms with Crippen molar-refractivity contribution in [1.82, 2.24) is 0 Å². The molecule has 0 aliphatic carbocycles. The zero-order valence-corrected chi connectivity index (χ0v) is 9.78. The lowest BCUT2D eigenvalue weighted by molar-refractivity contribution is 0.504. The zero-order chi connectivity index (χ0) is 9.14. The molecule has 0 amide bonds. The predicted molar refractivity (Wildman–Crippen MR) is 58.7 cm³/mol. The molecule has 0 aliphatic heterocycles. The summed E-state index contributed by atoms with van der Waals surface area (Å²) in [5.41, 5.74) is 5.62. The van der Waals surface area contributed by atoms with Gasteiger partial charge in [-0.3, -0.25) is 0 Å². The van der Waals surface area contributed by atoms with Gasteiger partial charge in [0.25, 0.3) is 0 Å². The maximum Gasteiger partial charge on any atom is 0.0317 e. The quantitative estimate of drug-likeness (QED) is 0.873. The van der Waals surface area contributed by atoms with E-state index >= 15 is 0 Å². The third-order valence-corrected chi connectivity index (χ3v) is 4.36. The van der Waals surface area contributed by atoms with E-state index in [4.69, 9.17) is 5.73 Å². The third-order valence-electron chi connectivity index (χ3n) is 2.28. The van der Waals surface area contributed by atoms with Crippen molar-refractivity contribution in [2.75, 3.05) is 6.54 Å². The Morgan fingerprint density at radius 1 is 1.58 bits per heavy atom. The minimum atomic E-state index is 0.556. The molecule has 68 valence electrons. The van der Waals surface area contributed by atoms with E-state index in [1.807, 2.05) is 0 Å². The standard InChI is InChI=1S/C9H14BrNS/c1-6(5-11)7(2)9-8(10)3-4-12-9/h3-4,6-7H,5,11H2,1-2H3. The van der Waals surface area contributed by atoms with Crippen LogP contribution in [0.2, 0.25) is 0 Å². The second kappa shape index (κ2) is 4.40. The number of rotatable bonds is 3. The molecule has 0 saturated carbocycles. The number of thiophene rings is 1. The van der Waals surface area contributed by atoms with E-state index in [1.54, 1.807) is 11.3 Å². The lowest BCUT2D eigenvalue weighted by atomic mass is 9.95. The molecule has 1 aromatic rings. The Labute approximate surface area is 86.1 Å². The Morgan fingerprint density at radius 3 is 2.67 bits per heavy atom. The van der Waals surface area contributed by atoms with E-state index in [0.29, 0.717) is 11.8 Å². The lowest BCUT2D eigenvalue weighted by Crippen LogP contribution is -2.16. The molecule has 0 bridgehead atoms. The first-order chi connectivity index (χ1) is 5.66. The normalized spacial score (nSPS) is 16.0. The van der Waals surface area contributed by atoms with Crippen molar-refractivity contribution < 1.29 is 0 Å². The average Bonchev–Trinajstić information content (AvgIpc) is 2.48. The van der Waals surface area contributed by atoms with Crippen molar-refractivity contribution in [2.24, 2.45) is 11.7 Å². The van der Waals surface area contributed by atoms with Crippen LogP contribution in [-0.2, 0) is 0 Å². The first-order valence-corrected chi connectivity index (χ1v) is 5.77. The molecule has 3 heteroatoms. The van der Waals surface area contributed by atoms with E-state index in [-0.39, 0.29) is 0 Å². The summed E-state index contributed by atoms with van der Waals surface area (Å²) in [4.78, 5) is 1.41. The van der Waals surface area contributed by atoms with Gasteiger partial charge < -0.3 is 5.73 Å². The van der Waals surface area contributed by atoms with Crippen molar-refractivity contribution in [3.8, 4) is 0 Å². The van der Waals surface area contributed by atoms with Gasteiger partial charge in [-0.05, 0) is 45.8 Å². The van der Waals surface area contributed by atoms with Crippen LogP contribution in [0.25, 0.3) is 0 Å². The zero-order valence-electron chi connectivity index (χ0n) is 7.38. The van der Waals surface area contributed by atoms with Crippen LogP contribution in [0.1, 0.15) is 24.6 Å². The molecule has 1 aromatic heterocycles. The topological polar surface area (TPSA) is 26.0 Å². The minimum Gasteiger partial charge on any atom is -0.330 e. The Morgan fingerprint density at radius 2 is 2.25 bits per heavy atom. The van der Waals surface area contributed by atoms with Crippen LogP contribution in [0.4, 0.5) is 0 Å². The van der Waals surface area contributed by atoms with Gasteiger partial charge >= 0.3 is 0 Å². The fraction of sp³-hybridized carbons (Fsp3) is 0.556. The van der Waals surface area contributed by atoms with E-state index < -0.39 is 0 Å². The molecular weight excluding hydrogens is 234 g/mol. The maximum absolute atomic E-state index is 5.62. The molecule has 1 heterocycles. The summed E-state index contributed by atoms with van der Waals surface area (Å²) in [6.45, 7) is 5.18. The number of hydrogen-bond donors (Lipinski definition) is 1. The Bertz CT molecular complexity index is 246. The molecule has 2 N–H and O–H groups in total. The first kappa shape index (κ1) is 10.2. The highest BCUT2D eigenvalue weighted by molar-refractivity contribution is 9.10. The highest BCUT2D eigenvalue weighted by Gasteiger charge is 2.16. The van der Waals surface area contributed by atoms with Gasteiger partial charge in [0, 0.05) is 9.35 Å². The van der Waals surface area contributed by atoms with Gasteiger partial charge in [-0.2, -0.15) is 0 Å². The third kappa shape index (κ3) is 2.09. The monoisotopic (exact) mass is 247 g/mol. The van der Waals surface area contributed by atoms with Gasteiger partial charge in [-0.15, -0.1) is 11.3 Å². The van der Waals surface area contributed by atoms with Gasteiger partial charge in [-0.25, -0.2) is 0 Å². The smallest absolute Gasteiger partial charge is 0.0317 e. The summed E-state index contributed by atoms with van der Waals surface area (Å²) in [6.07, 6.45) is 0. The Kier molecular flexibility index (Phi) is 3.75. The van der Waals surface area contributed by atoms with Crippen LogP contribution in [0.15, 0.2) is 15.9 Å². The van der Waals surface area contributed by atoms with Gasteiger partial charge in [0.05, 0.1) is 0 Å². The second-order valence-electron chi connectivity index (χ2n) is 3.13. The Hall–Kier alpha value is 0.140. The van der Waals surface area contributed by atoms with Crippen LogP contribution in [0.3, 0.4) is 0 Å². The summed E-state index contributed by atoms with van der Waals surface area (Å²) in [7, 11) is 0. The fourth-order valence-electron chi connectivity index (χ4n) is 1.09. The lowest BCUT2D eigenvalue weighted by Gasteiger charge is -2.16. The molecule has 0 aromatic carbocycles. The number of nitrogens with two attached hydrogens (primary N) is 1. The van der Waals surface area contributed by atoms with Crippen molar-refractivity contribution >= 4 is 27.3 Å². The Balaban J connectivity index is 2.77. The number of hydrogen-bond acceptors (Lipinski definition) is 2. The van der Waals surface area contributed by atoms with Crippen LogP contribution in [0, 0.1) is 5.92 Å². The second-order valence-corrected chi connectivity index (χ2v) is 4.94. The van der Waals surface area contributed by atoms with Crippen molar-refractivity contribution in [3.63, 3.8) is 0 Å². The van der Waals surface area contributed by atoms with Crippen LogP contribution in [0.5, 0.6) is 0 Å². The van der Waals surface area contributed by atoms with Gasteiger partial charge in [0.15, 0.2) is 0 Å². The summed E-state index contributed by atoms with van der Waals surface area (Å²) in [6, 6.07) is 2.10.